The van der Waals surface area contributed by atoms with Crippen molar-refractivity contribution in [3.8, 4) is 0 Å². The van der Waals surface area contributed by atoms with E-state index in [0.717, 1.165) is 11.4 Å². The minimum absolute atomic E-state index is 0.583. The van der Waals surface area contributed by atoms with Gasteiger partial charge in [-0.1, -0.05) is 13.8 Å². The molecule has 0 spiro atoms. The van der Waals surface area contributed by atoms with Gasteiger partial charge >= 0.3 is 0 Å². The van der Waals surface area contributed by atoms with Crippen LogP contribution in [-0.4, -0.2) is 22.5 Å². The topological polar surface area (TPSA) is 29.3 Å². The van der Waals surface area contributed by atoms with Crippen molar-refractivity contribution in [3.05, 3.63) is 23.5 Å². The summed E-state index contributed by atoms with van der Waals surface area (Å²) in [7, 11) is 2.04. The number of thiazole rings is 1. The van der Waals surface area contributed by atoms with E-state index in [0.29, 0.717) is 12.0 Å². The van der Waals surface area contributed by atoms with Crippen LogP contribution in [0, 0.1) is 5.92 Å². The van der Waals surface area contributed by atoms with Crippen molar-refractivity contribution >= 4 is 16.3 Å². The van der Waals surface area contributed by atoms with Crippen LogP contribution in [0.1, 0.15) is 26.0 Å². The Morgan fingerprint density at radius 1 is 1.56 bits per heavy atom. The lowest BCUT2D eigenvalue weighted by Crippen LogP contribution is -2.32. The maximum atomic E-state index is 4.62. The molecular weight excluding hydrogens is 218 g/mol. The first-order valence-corrected chi connectivity index (χ1v) is 6.71. The summed E-state index contributed by atoms with van der Waals surface area (Å²) >= 11 is 1.69. The second kappa shape index (κ2) is 4.97. The van der Waals surface area contributed by atoms with Crippen LogP contribution in [-0.2, 0) is 6.42 Å². The summed E-state index contributed by atoms with van der Waals surface area (Å²) in [6.45, 7) is 4.52. The van der Waals surface area contributed by atoms with Gasteiger partial charge in [-0.15, -0.1) is 11.3 Å². The summed E-state index contributed by atoms with van der Waals surface area (Å²) in [5, 5.41) is 5.43. The molecule has 88 valence electrons. The number of nitrogens with zero attached hydrogens (tertiary/aromatic N) is 2. The fraction of sp³-hybridized carbons (Fsp3) is 0.583. The zero-order valence-corrected chi connectivity index (χ0v) is 10.9. The Labute approximate surface area is 101 Å². The highest BCUT2D eigenvalue weighted by molar-refractivity contribution is 7.15. The largest absolute Gasteiger partial charge is 0.317 e. The Morgan fingerprint density at radius 2 is 2.38 bits per heavy atom. The lowest BCUT2D eigenvalue weighted by Gasteiger charge is -2.21. The number of imidazole rings is 1. The molecule has 0 saturated carbocycles. The van der Waals surface area contributed by atoms with Crippen LogP contribution in [0.3, 0.4) is 0 Å². The summed E-state index contributed by atoms with van der Waals surface area (Å²) in [6, 6.07) is 0.583. The highest BCUT2D eigenvalue weighted by Crippen LogP contribution is 2.16. The first kappa shape index (κ1) is 11.6. The third-order valence-corrected chi connectivity index (χ3v) is 3.94. The lowest BCUT2D eigenvalue weighted by molar-refractivity contribution is 0.384. The van der Waals surface area contributed by atoms with Crippen LogP contribution in [0.2, 0.25) is 0 Å². The van der Waals surface area contributed by atoms with Crippen molar-refractivity contribution in [1.29, 1.82) is 0 Å². The smallest absolute Gasteiger partial charge is 0.193 e. The van der Waals surface area contributed by atoms with Gasteiger partial charge in [0.1, 0.15) is 0 Å². The van der Waals surface area contributed by atoms with Gasteiger partial charge < -0.3 is 5.32 Å². The van der Waals surface area contributed by atoms with E-state index in [1.165, 1.54) is 12.1 Å². The monoisotopic (exact) mass is 237 g/mol. The molecule has 0 aliphatic heterocycles. The van der Waals surface area contributed by atoms with Crippen LogP contribution in [0.25, 0.3) is 4.96 Å². The summed E-state index contributed by atoms with van der Waals surface area (Å²) in [6.07, 6.45) is 6.43. The number of fused-ring (bicyclic) bond motifs is 1. The summed E-state index contributed by atoms with van der Waals surface area (Å²) in [5.41, 5.74) is 1.20. The van der Waals surface area contributed by atoms with Gasteiger partial charge in [0.15, 0.2) is 4.96 Å². The normalized spacial score (nSPS) is 15.4. The predicted molar refractivity (Wildman–Crippen MR) is 69.1 cm³/mol. The molecular formula is C12H19N3S. The molecule has 2 rings (SSSR count). The number of aromatic nitrogens is 2. The molecule has 4 heteroatoms. The fourth-order valence-corrected chi connectivity index (χ4v) is 2.96. The highest BCUT2D eigenvalue weighted by atomic mass is 32.1. The van der Waals surface area contributed by atoms with E-state index < -0.39 is 0 Å². The zero-order chi connectivity index (χ0) is 11.5. The number of nitrogens with one attached hydrogen (secondary N) is 1. The summed E-state index contributed by atoms with van der Waals surface area (Å²) in [4.78, 5) is 5.71. The summed E-state index contributed by atoms with van der Waals surface area (Å²) in [5.74, 6) is 0.625. The van der Waals surface area contributed by atoms with Crippen molar-refractivity contribution < 1.29 is 0 Å². The third kappa shape index (κ3) is 2.28. The van der Waals surface area contributed by atoms with Crippen LogP contribution < -0.4 is 5.32 Å². The molecule has 0 radical (unpaired) electrons. The Kier molecular flexibility index (Phi) is 3.61. The minimum Gasteiger partial charge on any atom is -0.317 e. The molecule has 0 aromatic carbocycles. The van der Waals surface area contributed by atoms with E-state index in [-0.39, 0.29) is 0 Å². The van der Waals surface area contributed by atoms with E-state index in [9.17, 15) is 0 Å². The molecule has 0 saturated heterocycles. The van der Waals surface area contributed by atoms with Crippen molar-refractivity contribution in [1.82, 2.24) is 14.7 Å². The molecule has 0 amide bonds. The average molecular weight is 237 g/mol. The van der Waals surface area contributed by atoms with Crippen molar-refractivity contribution in [2.24, 2.45) is 5.92 Å². The molecule has 0 aliphatic carbocycles. The van der Waals surface area contributed by atoms with Gasteiger partial charge in [0.2, 0.25) is 0 Å². The first-order chi connectivity index (χ1) is 7.74. The predicted octanol–water partition coefficient (Wildman–Crippen LogP) is 2.57. The maximum absolute atomic E-state index is 4.62. The Hall–Kier alpha value is -0.870. The van der Waals surface area contributed by atoms with E-state index in [4.69, 9.17) is 0 Å². The molecule has 0 aliphatic rings. The molecule has 16 heavy (non-hydrogen) atoms. The average Bonchev–Trinajstić information content (AvgIpc) is 2.79. The van der Waals surface area contributed by atoms with E-state index in [2.05, 4.69) is 46.3 Å². The lowest BCUT2D eigenvalue weighted by atomic mass is 9.95. The van der Waals surface area contributed by atoms with Gasteiger partial charge in [-0.25, -0.2) is 4.98 Å². The molecule has 0 fully saturated rings. The Morgan fingerprint density at radius 3 is 3.00 bits per heavy atom. The van der Waals surface area contributed by atoms with Crippen molar-refractivity contribution in [2.75, 3.05) is 7.05 Å². The number of hydrogen-bond donors (Lipinski definition) is 1. The molecule has 1 N–H and O–H groups in total. The number of hydrogen-bond acceptors (Lipinski definition) is 3. The SMILES string of the molecule is CCC(NC)C(C)Cc1cn2ccsc2n1. The Bertz CT molecular complexity index is 413. The van der Waals surface area contributed by atoms with Crippen LogP contribution in [0.15, 0.2) is 17.8 Å². The van der Waals surface area contributed by atoms with Gasteiger partial charge in [-0.3, -0.25) is 4.40 Å². The van der Waals surface area contributed by atoms with E-state index in [1.54, 1.807) is 11.3 Å². The Balaban J connectivity index is 2.06. The maximum Gasteiger partial charge on any atom is 0.193 e. The number of rotatable bonds is 5. The van der Waals surface area contributed by atoms with Gasteiger partial charge in [-0.2, -0.15) is 0 Å². The molecule has 2 unspecified atom stereocenters. The highest BCUT2D eigenvalue weighted by Gasteiger charge is 2.15. The van der Waals surface area contributed by atoms with Gasteiger partial charge in [0, 0.05) is 23.8 Å². The van der Waals surface area contributed by atoms with Crippen molar-refractivity contribution in [3.63, 3.8) is 0 Å². The molecule has 3 nitrogen and oxygen atoms in total. The molecule has 0 bridgehead atoms. The minimum atomic E-state index is 0.583. The fourth-order valence-electron chi connectivity index (χ4n) is 2.24. The quantitative estimate of drug-likeness (QED) is 0.866. The molecule has 2 aromatic rings. The second-order valence-electron chi connectivity index (χ2n) is 4.31. The molecule has 2 heterocycles. The second-order valence-corrected chi connectivity index (χ2v) is 5.18. The van der Waals surface area contributed by atoms with Gasteiger partial charge in [0.05, 0.1) is 5.69 Å². The standard InChI is InChI=1S/C12H19N3S/c1-4-11(13-3)9(2)7-10-8-15-5-6-16-12(15)14-10/h5-6,8-9,11,13H,4,7H2,1-3H3. The van der Waals surface area contributed by atoms with Crippen molar-refractivity contribution in [2.45, 2.75) is 32.7 Å². The zero-order valence-electron chi connectivity index (χ0n) is 10.1. The van der Waals surface area contributed by atoms with E-state index >= 15 is 0 Å². The summed E-state index contributed by atoms with van der Waals surface area (Å²) < 4.78 is 2.10. The van der Waals surface area contributed by atoms with Crippen LogP contribution in [0.5, 0.6) is 0 Å². The van der Waals surface area contributed by atoms with Crippen LogP contribution >= 0.6 is 11.3 Å². The van der Waals surface area contributed by atoms with Gasteiger partial charge in [-0.05, 0) is 25.8 Å². The third-order valence-electron chi connectivity index (χ3n) is 3.17. The molecule has 2 atom stereocenters. The van der Waals surface area contributed by atoms with Gasteiger partial charge in [0.25, 0.3) is 0 Å². The first-order valence-electron chi connectivity index (χ1n) is 5.83. The van der Waals surface area contributed by atoms with Crippen LogP contribution in [0.4, 0.5) is 0 Å². The molecule has 2 aromatic heterocycles. The van der Waals surface area contributed by atoms with E-state index in [1.807, 2.05) is 7.05 Å².